The Balaban J connectivity index is 2.68. The summed E-state index contributed by atoms with van der Waals surface area (Å²) in [6, 6.07) is 2.41. The van der Waals surface area contributed by atoms with E-state index in [0.717, 1.165) is 19.5 Å². The molecule has 0 aromatic rings. The third kappa shape index (κ3) is 2.68. The van der Waals surface area contributed by atoms with E-state index in [1.807, 2.05) is 0 Å². The summed E-state index contributed by atoms with van der Waals surface area (Å²) in [5, 5.41) is 12.6. The highest BCUT2D eigenvalue weighted by Crippen LogP contribution is 2.22. The minimum absolute atomic E-state index is 0.0148. The van der Waals surface area contributed by atoms with Crippen LogP contribution in [0.1, 0.15) is 27.2 Å². The van der Waals surface area contributed by atoms with E-state index < -0.39 is 0 Å². The van der Waals surface area contributed by atoms with Crippen LogP contribution in [0.4, 0.5) is 0 Å². The van der Waals surface area contributed by atoms with Gasteiger partial charge in [-0.3, -0.25) is 5.32 Å². The number of nitrogens with one attached hydrogen (secondary N) is 1. The van der Waals surface area contributed by atoms with Crippen LogP contribution in [0, 0.1) is 11.3 Å². The zero-order valence-electron chi connectivity index (χ0n) is 9.02. The molecule has 1 fully saturated rings. The number of rotatable bonds is 1. The van der Waals surface area contributed by atoms with Crippen LogP contribution in [-0.2, 0) is 0 Å². The van der Waals surface area contributed by atoms with E-state index >= 15 is 0 Å². The largest absolute Gasteiger partial charge is 0.303 e. The second kappa shape index (κ2) is 3.28. The first kappa shape index (κ1) is 10.5. The molecule has 0 saturated carbocycles. The molecule has 74 valence electrons. The van der Waals surface area contributed by atoms with Gasteiger partial charge in [0.05, 0.1) is 6.07 Å². The predicted molar refractivity (Wildman–Crippen MR) is 53.3 cm³/mol. The third-order valence-corrected chi connectivity index (χ3v) is 2.29. The van der Waals surface area contributed by atoms with E-state index in [2.05, 4.69) is 44.1 Å². The Morgan fingerprint density at radius 3 is 2.38 bits per heavy atom. The molecule has 0 aromatic heterocycles. The standard InChI is InChI=1S/C10H19N3/c1-9(2,3)12-10(7-11)5-6-13(4)8-10/h12H,5-6,8H2,1-4H3. The van der Waals surface area contributed by atoms with Gasteiger partial charge in [0.15, 0.2) is 0 Å². The molecule has 1 heterocycles. The summed E-state index contributed by atoms with van der Waals surface area (Å²) < 4.78 is 0. The average Bonchev–Trinajstić information content (AvgIpc) is 2.29. The Hall–Kier alpha value is -0.590. The van der Waals surface area contributed by atoms with Crippen LogP contribution in [0.15, 0.2) is 0 Å². The molecule has 1 rings (SSSR count). The van der Waals surface area contributed by atoms with Crippen molar-refractivity contribution < 1.29 is 0 Å². The van der Waals surface area contributed by atoms with Crippen molar-refractivity contribution in [3.8, 4) is 6.07 Å². The van der Waals surface area contributed by atoms with Crippen LogP contribution >= 0.6 is 0 Å². The lowest BCUT2D eigenvalue weighted by atomic mass is 9.95. The molecule has 0 aliphatic carbocycles. The van der Waals surface area contributed by atoms with Gasteiger partial charge < -0.3 is 4.90 Å². The van der Waals surface area contributed by atoms with Gasteiger partial charge in [-0.15, -0.1) is 0 Å². The molecule has 13 heavy (non-hydrogen) atoms. The Kier molecular flexibility index (Phi) is 2.65. The van der Waals surface area contributed by atoms with E-state index in [0.29, 0.717) is 0 Å². The zero-order chi connectivity index (χ0) is 10.1. The van der Waals surface area contributed by atoms with Crippen molar-refractivity contribution in [2.75, 3.05) is 20.1 Å². The lowest BCUT2D eigenvalue weighted by molar-refractivity contribution is 0.293. The lowest BCUT2D eigenvalue weighted by Crippen LogP contribution is -2.54. The number of nitrogens with zero attached hydrogens (tertiary/aromatic N) is 2. The molecule has 0 spiro atoms. The van der Waals surface area contributed by atoms with Crippen LogP contribution in [0.5, 0.6) is 0 Å². The fourth-order valence-corrected chi connectivity index (χ4v) is 1.94. The second-order valence-electron chi connectivity index (χ2n) is 5.06. The van der Waals surface area contributed by atoms with Crippen LogP contribution < -0.4 is 5.32 Å². The van der Waals surface area contributed by atoms with E-state index in [9.17, 15) is 0 Å². The van der Waals surface area contributed by atoms with E-state index in [1.165, 1.54) is 0 Å². The Bertz CT molecular complexity index is 223. The molecule has 3 heteroatoms. The van der Waals surface area contributed by atoms with Crippen molar-refractivity contribution in [1.29, 1.82) is 5.26 Å². The summed E-state index contributed by atoms with van der Waals surface area (Å²) in [7, 11) is 2.06. The lowest BCUT2D eigenvalue weighted by Gasteiger charge is -2.32. The van der Waals surface area contributed by atoms with Crippen molar-refractivity contribution >= 4 is 0 Å². The number of likely N-dealkylation sites (tertiary alicyclic amines) is 1. The number of nitriles is 1. The van der Waals surface area contributed by atoms with Crippen LogP contribution in [0.2, 0.25) is 0 Å². The SMILES string of the molecule is CN1CCC(C#N)(NC(C)(C)C)C1. The summed E-state index contributed by atoms with van der Waals surface area (Å²) in [6.07, 6.45) is 0.928. The molecule has 0 aromatic carbocycles. The first-order chi connectivity index (χ1) is 5.87. The summed E-state index contributed by atoms with van der Waals surface area (Å²) in [5.74, 6) is 0. The van der Waals surface area contributed by atoms with E-state index in [-0.39, 0.29) is 11.1 Å². The van der Waals surface area contributed by atoms with Gasteiger partial charge in [-0.25, -0.2) is 0 Å². The Labute approximate surface area is 80.7 Å². The highest BCUT2D eigenvalue weighted by molar-refractivity contribution is 5.14. The quantitative estimate of drug-likeness (QED) is 0.655. The van der Waals surface area contributed by atoms with E-state index in [4.69, 9.17) is 5.26 Å². The van der Waals surface area contributed by atoms with Crippen molar-refractivity contribution in [1.82, 2.24) is 10.2 Å². The monoisotopic (exact) mass is 181 g/mol. The van der Waals surface area contributed by atoms with Gasteiger partial charge in [-0.1, -0.05) is 0 Å². The molecule has 1 aliphatic rings. The molecule has 0 amide bonds. The topological polar surface area (TPSA) is 39.1 Å². The molecule has 0 bridgehead atoms. The third-order valence-electron chi connectivity index (χ3n) is 2.29. The van der Waals surface area contributed by atoms with Gasteiger partial charge in [0.2, 0.25) is 0 Å². The molecule has 3 nitrogen and oxygen atoms in total. The fraction of sp³-hybridized carbons (Fsp3) is 0.900. The molecule has 0 radical (unpaired) electrons. The summed E-state index contributed by atoms with van der Waals surface area (Å²) in [5.41, 5.74) is -0.312. The van der Waals surface area contributed by atoms with Gasteiger partial charge in [-0.2, -0.15) is 5.26 Å². The van der Waals surface area contributed by atoms with Gasteiger partial charge in [0.25, 0.3) is 0 Å². The van der Waals surface area contributed by atoms with Gasteiger partial charge in [0.1, 0.15) is 5.54 Å². The molecule has 1 atom stereocenters. The first-order valence-corrected chi connectivity index (χ1v) is 4.76. The summed E-state index contributed by atoms with van der Waals surface area (Å²) in [4.78, 5) is 2.20. The average molecular weight is 181 g/mol. The fourth-order valence-electron chi connectivity index (χ4n) is 1.94. The zero-order valence-corrected chi connectivity index (χ0v) is 9.02. The second-order valence-corrected chi connectivity index (χ2v) is 5.06. The molecular formula is C10H19N3. The minimum Gasteiger partial charge on any atom is -0.303 e. The first-order valence-electron chi connectivity index (χ1n) is 4.76. The predicted octanol–water partition coefficient (Wildman–Crippen LogP) is 0.972. The van der Waals surface area contributed by atoms with Crippen molar-refractivity contribution in [2.24, 2.45) is 0 Å². The van der Waals surface area contributed by atoms with Crippen molar-refractivity contribution in [3.05, 3.63) is 0 Å². The normalized spacial score (nSPS) is 30.4. The van der Waals surface area contributed by atoms with Gasteiger partial charge >= 0.3 is 0 Å². The molecular weight excluding hydrogens is 162 g/mol. The molecule has 1 aliphatic heterocycles. The smallest absolute Gasteiger partial charge is 0.121 e. The van der Waals surface area contributed by atoms with Crippen molar-refractivity contribution in [3.63, 3.8) is 0 Å². The highest BCUT2D eigenvalue weighted by atomic mass is 15.2. The maximum atomic E-state index is 9.16. The van der Waals surface area contributed by atoms with Gasteiger partial charge in [-0.05, 0) is 34.2 Å². The van der Waals surface area contributed by atoms with Gasteiger partial charge in [0, 0.05) is 18.6 Å². The summed E-state index contributed by atoms with van der Waals surface area (Å²) in [6.45, 7) is 8.15. The molecule has 1 saturated heterocycles. The summed E-state index contributed by atoms with van der Waals surface area (Å²) >= 11 is 0. The Morgan fingerprint density at radius 1 is 1.46 bits per heavy atom. The maximum Gasteiger partial charge on any atom is 0.121 e. The van der Waals surface area contributed by atoms with Crippen LogP contribution in [0.3, 0.4) is 0 Å². The highest BCUT2D eigenvalue weighted by Gasteiger charge is 2.39. The van der Waals surface area contributed by atoms with Crippen LogP contribution in [-0.4, -0.2) is 36.1 Å². The van der Waals surface area contributed by atoms with Crippen LogP contribution in [0.25, 0.3) is 0 Å². The number of hydrogen-bond acceptors (Lipinski definition) is 3. The number of hydrogen-bond donors (Lipinski definition) is 1. The van der Waals surface area contributed by atoms with Crippen molar-refractivity contribution in [2.45, 2.75) is 38.3 Å². The Morgan fingerprint density at radius 2 is 2.08 bits per heavy atom. The molecule has 1 N–H and O–H groups in total. The maximum absolute atomic E-state index is 9.16. The minimum atomic E-state index is -0.326. The number of likely N-dealkylation sites (N-methyl/N-ethyl adjacent to an activating group) is 1. The molecule has 1 unspecified atom stereocenters. The van der Waals surface area contributed by atoms with E-state index in [1.54, 1.807) is 0 Å².